The van der Waals surface area contributed by atoms with Crippen molar-refractivity contribution in [2.75, 3.05) is 22.5 Å². The maximum atomic E-state index is 12.6. The summed E-state index contributed by atoms with van der Waals surface area (Å²) in [5, 5.41) is 11.7. The summed E-state index contributed by atoms with van der Waals surface area (Å²) in [6, 6.07) is 6.64. The van der Waals surface area contributed by atoms with Crippen LogP contribution < -0.4 is 16.0 Å². The quantitative estimate of drug-likeness (QED) is 0.725. The van der Waals surface area contributed by atoms with Crippen molar-refractivity contribution in [1.82, 2.24) is 9.97 Å². The lowest BCUT2D eigenvalue weighted by Crippen LogP contribution is -2.40. The Balaban J connectivity index is 1.76. The van der Waals surface area contributed by atoms with Gasteiger partial charge in [0.1, 0.15) is 6.04 Å². The molecule has 8 heteroatoms. The number of carboxylic acids is 1. The van der Waals surface area contributed by atoms with Gasteiger partial charge in [0, 0.05) is 18.9 Å². The molecule has 0 spiro atoms. The van der Waals surface area contributed by atoms with Crippen LogP contribution in [0.2, 0.25) is 0 Å². The van der Waals surface area contributed by atoms with Gasteiger partial charge in [-0.1, -0.05) is 12.1 Å². The van der Waals surface area contributed by atoms with Gasteiger partial charge in [-0.2, -0.15) is 0 Å². The number of carboxylic acid groups (broad SMARTS) is 1. The lowest BCUT2D eigenvalue weighted by molar-refractivity contribution is -0.117. The Bertz CT molecular complexity index is 763. The van der Waals surface area contributed by atoms with Crippen LogP contribution >= 0.6 is 0 Å². The number of para-hydroxylation sites is 2. The number of nitrogens with zero attached hydrogens (tertiary/aromatic N) is 3. The molecule has 1 aromatic heterocycles. The Labute approximate surface area is 138 Å². The number of benzene rings is 1. The SMILES string of the molecule is Nc1ccccc1NC(=O)C1CCCN1c1ncc(C(=O)O)cn1. The number of aromatic carboxylic acids is 1. The van der Waals surface area contributed by atoms with Crippen molar-refractivity contribution in [2.24, 2.45) is 0 Å². The average molecular weight is 327 g/mol. The first-order valence-corrected chi connectivity index (χ1v) is 7.53. The zero-order valence-electron chi connectivity index (χ0n) is 12.8. The molecule has 1 unspecified atom stereocenters. The lowest BCUT2D eigenvalue weighted by atomic mass is 10.2. The number of carbonyl (C=O) groups excluding carboxylic acids is 1. The Morgan fingerprint density at radius 2 is 1.96 bits per heavy atom. The van der Waals surface area contributed by atoms with Gasteiger partial charge in [-0.15, -0.1) is 0 Å². The van der Waals surface area contributed by atoms with Crippen LogP contribution in [0.4, 0.5) is 17.3 Å². The Kier molecular flexibility index (Phi) is 4.28. The van der Waals surface area contributed by atoms with Gasteiger partial charge < -0.3 is 21.1 Å². The number of hydrogen-bond donors (Lipinski definition) is 3. The topological polar surface area (TPSA) is 121 Å². The minimum atomic E-state index is -1.09. The fourth-order valence-corrected chi connectivity index (χ4v) is 2.69. The van der Waals surface area contributed by atoms with Crippen LogP contribution in [0.15, 0.2) is 36.7 Å². The molecule has 0 bridgehead atoms. The molecule has 0 saturated carbocycles. The van der Waals surface area contributed by atoms with Gasteiger partial charge in [0.2, 0.25) is 11.9 Å². The predicted molar refractivity (Wildman–Crippen MR) is 88.8 cm³/mol. The van der Waals surface area contributed by atoms with Gasteiger partial charge in [0.05, 0.1) is 16.9 Å². The summed E-state index contributed by atoms with van der Waals surface area (Å²) in [5.74, 6) is -0.924. The van der Waals surface area contributed by atoms with E-state index in [-0.39, 0.29) is 11.5 Å². The van der Waals surface area contributed by atoms with E-state index in [4.69, 9.17) is 10.8 Å². The first-order chi connectivity index (χ1) is 11.6. The molecule has 124 valence electrons. The highest BCUT2D eigenvalue weighted by molar-refractivity contribution is 5.99. The second-order valence-corrected chi connectivity index (χ2v) is 5.50. The smallest absolute Gasteiger partial charge is 0.338 e. The number of nitrogens with two attached hydrogens (primary N) is 1. The molecule has 3 rings (SSSR count). The third kappa shape index (κ3) is 3.12. The van der Waals surface area contributed by atoms with Crippen LogP contribution in [-0.4, -0.2) is 39.5 Å². The van der Waals surface area contributed by atoms with Gasteiger partial charge in [-0.3, -0.25) is 4.79 Å². The van der Waals surface area contributed by atoms with Crippen molar-refractivity contribution >= 4 is 29.2 Å². The van der Waals surface area contributed by atoms with Gasteiger partial charge in [0.15, 0.2) is 0 Å². The van der Waals surface area contributed by atoms with Crippen LogP contribution in [0.1, 0.15) is 23.2 Å². The second kappa shape index (κ2) is 6.53. The lowest BCUT2D eigenvalue weighted by Gasteiger charge is -2.24. The summed E-state index contributed by atoms with van der Waals surface area (Å²) in [6.45, 7) is 0.634. The van der Waals surface area contributed by atoms with Crippen molar-refractivity contribution in [3.8, 4) is 0 Å². The Hall–Kier alpha value is -3.16. The van der Waals surface area contributed by atoms with E-state index in [0.29, 0.717) is 30.3 Å². The van der Waals surface area contributed by atoms with E-state index in [9.17, 15) is 9.59 Å². The highest BCUT2D eigenvalue weighted by atomic mass is 16.4. The highest BCUT2D eigenvalue weighted by Gasteiger charge is 2.32. The van der Waals surface area contributed by atoms with E-state index >= 15 is 0 Å². The van der Waals surface area contributed by atoms with E-state index in [2.05, 4.69) is 15.3 Å². The number of rotatable bonds is 4. The molecule has 1 atom stereocenters. The minimum absolute atomic E-state index is 0.0102. The van der Waals surface area contributed by atoms with E-state index in [0.717, 1.165) is 6.42 Å². The molecule has 4 N–H and O–H groups in total. The van der Waals surface area contributed by atoms with Crippen molar-refractivity contribution in [1.29, 1.82) is 0 Å². The first-order valence-electron chi connectivity index (χ1n) is 7.53. The molecular weight excluding hydrogens is 310 g/mol. The average Bonchev–Trinajstić information content (AvgIpc) is 3.07. The highest BCUT2D eigenvalue weighted by Crippen LogP contribution is 2.24. The zero-order chi connectivity index (χ0) is 17.1. The number of nitrogen functional groups attached to an aromatic ring is 1. The largest absolute Gasteiger partial charge is 0.478 e. The summed E-state index contributed by atoms with van der Waals surface area (Å²) >= 11 is 0. The molecule has 1 amide bonds. The molecule has 2 heterocycles. The Morgan fingerprint density at radius 3 is 2.62 bits per heavy atom. The molecule has 2 aromatic rings. The molecule has 0 aliphatic carbocycles. The maximum Gasteiger partial charge on any atom is 0.338 e. The Morgan fingerprint density at radius 1 is 1.25 bits per heavy atom. The number of aromatic nitrogens is 2. The summed E-state index contributed by atoms with van der Waals surface area (Å²) in [5.41, 5.74) is 6.92. The third-order valence-electron chi connectivity index (χ3n) is 3.92. The predicted octanol–water partition coefficient (Wildman–Crippen LogP) is 1.36. The zero-order valence-corrected chi connectivity index (χ0v) is 12.8. The molecule has 0 radical (unpaired) electrons. The van der Waals surface area contributed by atoms with E-state index in [1.807, 2.05) is 0 Å². The van der Waals surface area contributed by atoms with Crippen molar-refractivity contribution in [2.45, 2.75) is 18.9 Å². The van der Waals surface area contributed by atoms with Crippen LogP contribution in [-0.2, 0) is 4.79 Å². The number of amides is 1. The first kappa shape index (κ1) is 15.7. The minimum Gasteiger partial charge on any atom is -0.478 e. The third-order valence-corrected chi connectivity index (χ3v) is 3.92. The number of nitrogens with one attached hydrogen (secondary N) is 1. The van der Waals surface area contributed by atoms with Gasteiger partial charge in [-0.25, -0.2) is 14.8 Å². The van der Waals surface area contributed by atoms with E-state index in [1.54, 1.807) is 29.2 Å². The van der Waals surface area contributed by atoms with Crippen molar-refractivity contribution in [3.63, 3.8) is 0 Å². The van der Waals surface area contributed by atoms with Crippen molar-refractivity contribution in [3.05, 3.63) is 42.2 Å². The van der Waals surface area contributed by atoms with Crippen LogP contribution in [0.5, 0.6) is 0 Å². The normalized spacial score (nSPS) is 16.8. The monoisotopic (exact) mass is 327 g/mol. The van der Waals surface area contributed by atoms with Gasteiger partial charge >= 0.3 is 5.97 Å². The molecule has 1 aromatic carbocycles. The fourth-order valence-electron chi connectivity index (χ4n) is 2.69. The summed E-state index contributed by atoms with van der Waals surface area (Å²) < 4.78 is 0. The standard InChI is InChI=1S/C16H17N5O3/c17-11-4-1-2-5-12(11)20-14(22)13-6-3-7-21(13)16-18-8-10(9-19-16)15(23)24/h1-2,4-5,8-9,13H,3,6-7,17H2,(H,20,22)(H,23,24). The molecular formula is C16H17N5O3. The number of anilines is 3. The van der Waals surface area contributed by atoms with Gasteiger partial charge in [0.25, 0.3) is 0 Å². The van der Waals surface area contributed by atoms with Crippen LogP contribution in [0.25, 0.3) is 0 Å². The molecule has 1 fully saturated rings. The number of carbonyl (C=O) groups is 2. The summed E-state index contributed by atoms with van der Waals surface area (Å²) in [4.78, 5) is 33.4. The van der Waals surface area contributed by atoms with E-state index in [1.165, 1.54) is 12.4 Å². The van der Waals surface area contributed by atoms with Gasteiger partial charge in [-0.05, 0) is 25.0 Å². The van der Waals surface area contributed by atoms with Crippen LogP contribution in [0.3, 0.4) is 0 Å². The summed E-state index contributed by atoms with van der Waals surface area (Å²) in [7, 11) is 0. The van der Waals surface area contributed by atoms with Crippen LogP contribution in [0, 0.1) is 0 Å². The maximum absolute atomic E-state index is 12.6. The van der Waals surface area contributed by atoms with Crippen molar-refractivity contribution < 1.29 is 14.7 Å². The molecule has 8 nitrogen and oxygen atoms in total. The second-order valence-electron chi connectivity index (χ2n) is 5.50. The molecule has 1 saturated heterocycles. The molecule has 1 aliphatic rings. The van der Waals surface area contributed by atoms with E-state index < -0.39 is 12.0 Å². The number of hydrogen-bond acceptors (Lipinski definition) is 6. The molecule has 1 aliphatic heterocycles. The molecule has 24 heavy (non-hydrogen) atoms. The summed E-state index contributed by atoms with van der Waals surface area (Å²) in [6.07, 6.45) is 3.98. The fraction of sp³-hybridized carbons (Fsp3) is 0.250.